The Morgan fingerprint density at radius 3 is 2.90 bits per heavy atom. The number of hydrogen-bond acceptors (Lipinski definition) is 4. The van der Waals surface area contributed by atoms with Crippen LogP contribution in [0.5, 0.6) is 5.75 Å². The van der Waals surface area contributed by atoms with Crippen molar-refractivity contribution in [1.82, 2.24) is 5.32 Å². The highest BCUT2D eigenvalue weighted by Gasteiger charge is 2.24. The summed E-state index contributed by atoms with van der Waals surface area (Å²) in [6.07, 6.45) is 3.61. The van der Waals surface area contributed by atoms with Crippen molar-refractivity contribution in [2.75, 3.05) is 19.4 Å². The van der Waals surface area contributed by atoms with E-state index in [0.29, 0.717) is 23.5 Å². The molecule has 1 aliphatic carbocycles. The number of aliphatic hydroxyl groups excluding tert-OH is 1. The molecule has 5 heteroatoms. The first-order valence-electron chi connectivity index (χ1n) is 7.02. The molecule has 1 aromatic rings. The zero-order chi connectivity index (χ0) is 14.5. The van der Waals surface area contributed by atoms with Gasteiger partial charge in [0.2, 0.25) is 0 Å². The lowest BCUT2D eigenvalue weighted by Crippen LogP contribution is -2.37. The van der Waals surface area contributed by atoms with Crippen LogP contribution >= 0.6 is 0 Å². The van der Waals surface area contributed by atoms with Gasteiger partial charge in [-0.05, 0) is 25.0 Å². The summed E-state index contributed by atoms with van der Waals surface area (Å²) < 4.78 is 5.17. The second-order valence-electron chi connectivity index (χ2n) is 5.25. The molecule has 1 aliphatic rings. The third kappa shape index (κ3) is 3.22. The van der Waals surface area contributed by atoms with Crippen LogP contribution in [0.15, 0.2) is 18.2 Å². The minimum absolute atomic E-state index is 0.128. The molecule has 0 aromatic heterocycles. The Morgan fingerprint density at radius 1 is 1.45 bits per heavy atom. The monoisotopic (exact) mass is 278 g/mol. The van der Waals surface area contributed by atoms with Crippen molar-refractivity contribution in [3.63, 3.8) is 0 Å². The van der Waals surface area contributed by atoms with Crippen molar-refractivity contribution in [2.24, 2.45) is 5.92 Å². The van der Waals surface area contributed by atoms with Gasteiger partial charge in [0.1, 0.15) is 11.3 Å². The second-order valence-corrected chi connectivity index (χ2v) is 5.25. The lowest BCUT2D eigenvalue weighted by Gasteiger charge is -2.27. The Morgan fingerprint density at radius 2 is 2.20 bits per heavy atom. The standard InChI is InChI=1S/C15H22N2O3/c1-20-13-8-4-6-11(16)14(13)15(19)17-9-10-5-2-3-7-12(10)18/h4,6,8,10,12,18H,2-3,5,7,9,16H2,1H3,(H,17,19). The molecule has 2 rings (SSSR count). The van der Waals surface area contributed by atoms with Crippen LogP contribution in [0.4, 0.5) is 5.69 Å². The molecule has 110 valence electrons. The van der Waals surface area contributed by atoms with Crippen molar-refractivity contribution in [3.05, 3.63) is 23.8 Å². The minimum Gasteiger partial charge on any atom is -0.496 e. The van der Waals surface area contributed by atoms with Crippen molar-refractivity contribution >= 4 is 11.6 Å². The van der Waals surface area contributed by atoms with Crippen molar-refractivity contribution in [2.45, 2.75) is 31.8 Å². The molecular weight excluding hydrogens is 256 g/mol. The summed E-state index contributed by atoms with van der Waals surface area (Å²) in [5, 5.41) is 12.8. The summed E-state index contributed by atoms with van der Waals surface area (Å²) in [4.78, 5) is 12.2. The lowest BCUT2D eigenvalue weighted by molar-refractivity contribution is 0.0662. The summed E-state index contributed by atoms with van der Waals surface area (Å²) in [6.45, 7) is 0.470. The van der Waals surface area contributed by atoms with Gasteiger partial charge in [-0.1, -0.05) is 18.9 Å². The third-order valence-corrected chi connectivity index (χ3v) is 3.90. The Kier molecular flexibility index (Phi) is 4.84. The lowest BCUT2D eigenvalue weighted by atomic mass is 9.86. The van der Waals surface area contributed by atoms with Crippen LogP contribution in [0.2, 0.25) is 0 Å². The molecule has 2 unspecified atom stereocenters. The fourth-order valence-corrected chi connectivity index (χ4v) is 2.70. The van der Waals surface area contributed by atoms with E-state index in [1.807, 2.05) is 0 Å². The summed E-state index contributed by atoms with van der Waals surface area (Å²) in [7, 11) is 1.51. The van der Waals surface area contributed by atoms with E-state index in [0.717, 1.165) is 25.7 Å². The number of aliphatic hydroxyl groups is 1. The zero-order valence-electron chi connectivity index (χ0n) is 11.8. The highest BCUT2D eigenvalue weighted by molar-refractivity contribution is 6.01. The molecule has 20 heavy (non-hydrogen) atoms. The molecule has 0 bridgehead atoms. The van der Waals surface area contributed by atoms with Crippen LogP contribution < -0.4 is 15.8 Å². The Bertz CT molecular complexity index is 476. The molecule has 1 saturated carbocycles. The smallest absolute Gasteiger partial charge is 0.257 e. The Hall–Kier alpha value is -1.75. The first-order valence-corrected chi connectivity index (χ1v) is 7.02. The van der Waals surface area contributed by atoms with E-state index < -0.39 is 0 Å². The van der Waals surface area contributed by atoms with Gasteiger partial charge in [0.15, 0.2) is 0 Å². The number of benzene rings is 1. The normalized spacial score (nSPS) is 22.3. The average molecular weight is 278 g/mol. The first-order chi connectivity index (χ1) is 9.63. The molecule has 1 aromatic carbocycles. The number of carbonyl (C=O) groups excluding carboxylic acids is 1. The van der Waals surface area contributed by atoms with Gasteiger partial charge in [0, 0.05) is 18.2 Å². The van der Waals surface area contributed by atoms with E-state index in [9.17, 15) is 9.90 Å². The first kappa shape index (κ1) is 14.7. The van der Waals surface area contributed by atoms with E-state index in [1.54, 1.807) is 18.2 Å². The van der Waals surface area contributed by atoms with Crippen LogP contribution in [0.1, 0.15) is 36.0 Å². The summed E-state index contributed by atoms with van der Waals surface area (Å²) in [5.41, 5.74) is 6.60. The van der Waals surface area contributed by atoms with Crippen LogP contribution in [0.3, 0.4) is 0 Å². The third-order valence-electron chi connectivity index (χ3n) is 3.90. The van der Waals surface area contributed by atoms with Crippen LogP contribution in [-0.2, 0) is 0 Å². The molecule has 5 nitrogen and oxygen atoms in total. The summed E-state index contributed by atoms with van der Waals surface area (Å²) in [5.74, 6) is 0.341. The molecule has 0 spiro atoms. The van der Waals surface area contributed by atoms with Crippen LogP contribution in [0.25, 0.3) is 0 Å². The maximum absolute atomic E-state index is 12.2. The second kappa shape index (κ2) is 6.61. The van der Waals surface area contributed by atoms with Gasteiger partial charge in [-0.2, -0.15) is 0 Å². The quantitative estimate of drug-likeness (QED) is 0.730. The van der Waals surface area contributed by atoms with Gasteiger partial charge in [-0.15, -0.1) is 0 Å². The number of rotatable bonds is 4. The summed E-state index contributed by atoms with van der Waals surface area (Å²) >= 11 is 0. The number of amides is 1. The molecule has 0 radical (unpaired) electrons. The fourth-order valence-electron chi connectivity index (χ4n) is 2.70. The van der Waals surface area contributed by atoms with E-state index >= 15 is 0 Å². The fraction of sp³-hybridized carbons (Fsp3) is 0.533. The van der Waals surface area contributed by atoms with Gasteiger partial charge in [-0.25, -0.2) is 0 Å². The molecule has 1 amide bonds. The Balaban J connectivity index is 2.01. The van der Waals surface area contributed by atoms with Crippen molar-refractivity contribution < 1.29 is 14.6 Å². The van der Waals surface area contributed by atoms with E-state index in [-0.39, 0.29) is 17.9 Å². The topological polar surface area (TPSA) is 84.6 Å². The number of methoxy groups -OCH3 is 1. The number of anilines is 1. The predicted molar refractivity (Wildman–Crippen MR) is 77.7 cm³/mol. The van der Waals surface area contributed by atoms with Crippen molar-refractivity contribution in [1.29, 1.82) is 0 Å². The van der Waals surface area contributed by atoms with Gasteiger partial charge in [0.25, 0.3) is 5.91 Å². The number of ether oxygens (including phenoxy) is 1. The SMILES string of the molecule is COc1cccc(N)c1C(=O)NCC1CCCCC1O. The molecule has 0 saturated heterocycles. The maximum Gasteiger partial charge on any atom is 0.257 e. The molecule has 0 heterocycles. The van der Waals surface area contributed by atoms with Gasteiger partial charge in [-0.3, -0.25) is 4.79 Å². The van der Waals surface area contributed by atoms with E-state index in [2.05, 4.69) is 5.32 Å². The molecule has 0 aliphatic heterocycles. The maximum atomic E-state index is 12.2. The molecule has 2 atom stereocenters. The van der Waals surface area contributed by atoms with Crippen LogP contribution in [0, 0.1) is 5.92 Å². The highest BCUT2D eigenvalue weighted by Crippen LogP contribution is 2.26. The molecular formula is C15H22N2O3. The Labute approximate surface area is 119 Å². The summed E-state index contributed by atoms with van der Waals surface area (Å²) in [6, 6.07) is 5.13. The predicted octanol–water partition coefficient (Wildman–Crippen LogP) is 1.56. The largest absolute Gasteiger partial charge is 0.496 e. The zero-order valence-corrected chi connectivity index (χ0v) is 11.8. The number of carbonyl (C=O) groups is 1. The highest BCUT2D eigenvalue weighted by atomic mass is 16.5. The van der Waals surface area contributed by atoms with Gasteiger partial charge >= 0.3 is 0 Å². The number of nitrogen functional groups attached to an aromatic ring is 1. The minimum atomic E-state index is -0.320. The van der Waals surface area contributed by atoms with E-state index in [4.69, 9.17) is 10.5 Å². The van der Waals surface area contributed by atoms with Crippen molar-refractivity contribution in [3.8, 4) is 5.75 Å². The van der Waals surface area contributed by atoms with Gasteiger partial charge < -0.3 is 20.9 Å². The average Bonchev–Trinajstić information content (AvgIpc) is 2.45. The van der Waals surface area contributed by atoms with E-state index in [1.165, 1.54) is 7.11 Å². The number of nitrogens with one attached hydrogen (secondary N) is 1. The molecule has 1 fully saturated rings. The molecule has 4 N–H and O–H groups in total. The number of nitrogens with two attached hydrogens (primary N) is 1. The van der Waals surface area contributed by atoms with Gasteiger partial charge in [0.05, 0.1) is 13.2 Å². The number of hydrogen-bond donors (Lipinski definition) is 3. The van der Waals surface area contributed by atoms with Crippen LogP contribution in [-0.4, -0.2) is 30.8 Å².